The summed E-state index contributed by atoms with van der Waals surface area (Å²) in [4.78, 5) is 2.29. The molecule has 0 radical (unpaired) electrons. The Labute approximate surface area is 212 Å². The summed E-state index contributed by atoms with van der Waals surface area (Å²) in [5.41, 5.74) is 2.81. The molecule has 0 saturated carbocycles. The van der Waals surface area contributed by atoms with Crippen LogP contribution < -0.4 is 14.4 Å². The largest absolute Gasteiger partial charge is 0.494 e. The van der Waals surface area contributed by atoms with Gasteiger partial charge < -0.3 is 14.4 Å². The standard InChI is InChI=1S/C31H29N3O2/c1-3-35-24-15-16-28(36-4-2)25(19-24)30-27(18-22-10-6-5-7-11-22)34-26-13-9-8-12-23(26)14-17-29(34)31(30,20-32)21-33/h5-17,19,27,29-30H,3-4,18H2,1-2H3/t27-,29+,30-/m1/s1. The number of hydrogen-bond donors (Lipinski definition) is 0. The van der Waals surface area contributed by atoms with Crippen LogP contribution in [-0.2, 0) is 6.42 Å². The SMILES string of the molecule is CCOc1ccc(OCC)c([C@@H]2[C@@H](Cc3ccccc3)N3c4ccccc4C=C[C@H]3C2(C#N)C#N)c1. The van der Waals surface area contributed by atoms with Gasteiger partial charge in [0, 0.05) is 23.2 Å². The Morgan fingerprint density at radius 2 is 1.61 bits per heavy atom. The van der Waals surface area contributed by atoms with E-state index in [1.807, 2.05) is 74.5 Å². The van der Waals surface area contributed by atoms with Crippen LogP contribution in [-0.4, -0.2) is 25.3 Å². The molecule has 0 amide bonds. The van der Waals surface area contributed by atoms with Crippen molar-refractivity contribution in [3.63, 3.8) is 0 Å². The van der Waals surface area contributed by atoms with Gasteiger partial charge in [0.25, 0.3) is 0 Å². The van der Waals surface area contributed by atoms with E-state index in [1.165, 1.54) is 0 Å². The lowest BCUT2D eigenvalue weighted by molar-refractivity contribution is 0.318. The summed E-state index contributed by atoms with van der Waals surface area (Å²) in [5, 5.41) is 21.4. The maximum absolute atomic E-state index is 10.7. The summed E-state index contributed by atoms with van der Waals surface area (Å²) in [5.74, 6) is 0.964. The van der Waals surface area contributed by atoms with Gasteiger partial charge in [-0.25, -0.2) is 0 Å². The number of nitriles is 2. The van der Waals surface area contributed by atoms with Gasteiger partial charge in [0.15, 0.2) is 5.41 Å². The van der Waals surface area contributed by atoms with Gasteiger partial charge in [-0.15, -0.1) is 0 Å². The number of benzene rings is 3. The lowest BCUT2D eigenvalue weighted by Gasteiger charge is -2.36. The van der Waals surface area contributed by atoms with Crippen molar-refractivity contribution in [2.24, 2.45) is 5.41 Å². The Morgan fingerprint density at radius 1 is 0.889 bits per heavy atom. The van der Waals surface area contributed by atoms with Crippen LogP contribution in [0.25, 0.3) is 6.08 Å². The second-order valence-electron chi connectivity index (χ2n) is 9.16. The molecular weight excluding hydrogens is 446 g/mol. The van der Waals surface area contributed by atoms with E-state index >= 15 is 0 Å². The van der Waals surface area contributed by atoms with Gasteiger partial charge in [0.2, 0.25) is 0 Å². The van der Waals surface area contributed by atoms with Gasteiger partial charge in [-0.1, -0.05) is 60.7 Å². The Balaban J connectivity index is 1.76. The summed E-state index contributed by atoms with van der Waals surface area (Å²) in [6, 6.07) is 28.7. The maximum atomic E-state index is 10.7. The van der Waals surface area contributed by atoms with E-state index in [-0.39, 0.29) is 6.04 Å². The van der Waals surface area contributed by atoms with E-state index in [4.69, 9.17) is 9.47 Å². The van der Waals surface area contributed by atoms with Crippen LogP contribution in [0.1, 0.15) is 36.5 Å². The van der Waals surface area contributed by atoms with Gasteiger partial charge in [0.05, 0.1) is 31.4 Å². The number of para-hydroxylation sites is 1. The molecule has 3 atom stereocenters. The first kappa shape index (κ1) is 23.5. The molecule has 1 saturated heterocycles. The molecule has 0 aliphatic carbocycles. The van der Waals surface area contributed by atoms with Crippen molar-refractivity contribution in [2.75, 3.05) is 18.1 Å². The van der Waals surface area contributed by atoms with Crippen molar-refractivity contribution < 1.29 is 9.47 Å². The van der Waals surface area contributed by atoms with Crippen LogP contribution in [0.5, 0.6) is 11.5 Å². The normalized spacial score (nSPS) is 21.1. The first-order valence-corrected chi connectivity index (χ1v) is 12.5. The van der Waals surface area contributed by atoms with Gasteiger partial charge in [0.1, 0.15) is 11.5 Å². The van der Waals surface area contributed by atoms with Crippen LogP contribution in [0.3, 0.4) is 0 Å². The van der Waals surface area contributed by atoms with Crippen molar-refractivity contribution in [1.82, 2.24) is 0 Å². The molecule has 180 valence electrons. The second kappa shape index (κ2) is 9.80. The fourth-order valence-electron chi connectivity index (χ4n) is 5.84. The van der Waals surface area contributed by atoms with E-state index in [0.29, 0.717) is 31.1 Å². The van der Waals surface area contributed by atoms with Gasteiger partial charge in [-0.05, 0) is 55.7 Å². The molecule has 3 aromatic carbocycles. The van der Waals surface area contributed by atoms with Crippen LogP contribution >= 0.6 is 0 Å². The molecule has 1 fully saturated rings. The Morgan fingerprint density at radius 3 is 2.33 bits per heavy atom. The first-order chi connectivity index (χ1) is 17.7. The molecule has 0 N–H and O–H groups in total. The van der Waals surface area contributed by atoms with Crippen molar-refractivity contribution in [3.05, 3.63) is 95.6 Å². The van der Waals surface area contributed by atoms with E-state index in [1.54, 1.807) is 0 Å². The maximum Gasteiger partial charge on any atom is 0.176 e. The van der Waals surface area contributed by atoms with Crippen molar-refractivity contribution in [3.8, 4) is 23.6 Å². The van der Waals surface area contributed by atoms with Crippen LogP contribution in [0.4, 0.5) is 5.69 Å². The Hall–Kier alpha value is -4.22. The average Bonchev–Trinajstić information content (AvgIpc) is 3.20. The first-order valence-electron chi connectivity index (χ1n) is 12.5. The van der Waals surface area contributed by atoms with Gasteiger partial charge in [-0.2, -0.15) is 10.5 Å². The minimum Gasteiger partial charge on any atom is -0.494 e. The molecule has 0 unspecified atom stereocenters. The monoisotopic (exact) mass is 475 g/mol. The van der Waals surface area contributed by atoms with Crippen LogP contribution in [0.2, 0.25) is 0 Å². The highest BCUT2D eigenvalue weighted by atomic mass is 16.5. The molecule has 5 rings (SSSR count). The van der Waals surface area contributed by atoms with Crippen molar-refractivity contribution >= 4 is 11.8 Å². The molecular formula is C31H29N3O2. The second-order valence-corrected chi connectivity index (χ2v) is 9.16. The number of fused-ring (bicyclic) bond motifs is 3. The zero-order valence-corrected chi connectivity index (χ0v) is 20.6. The summed E-state index contributed by atoms with van der Waals surface area (Å²) in [7, 11) is 0. The van der Waals surface area contributed by atoms with Crippen LogP contribution in [0, 0.1) is 28.1 Å². The number of anilines is 1. The summed E-state index contributed by atoms with van der Waals surface area (Å²) >= 11 is 0. The van der Waals surface area contributed by atoms with Crippen molar-refractivity contribution in [2.45, 2.75) is 38.3 Å². The third kappa shape index (κ3) is 3.78. The zero-order chi connectivity index (χ0) is 25.1. The summed E-state index contributed by atoms with van der Waals surface area (Å²) in [6.07, 6.45) is 4.75. The smallest absolute Gasteiger partial charge is 0.176 e. The molecule has 3 aromatic rings. The topological polar surface area (TPSA) is 69.3 Å². The molecule has 2 aliphatic rings. The van der Waals surface area contributed by atoms with Crippen LogP contribution in [0.15, 0.2) is 78.9 Å². The Kier molecular flexibility index (Phi) is 6.40. The van der Waals surface area contributed by atoms with Gasteiger partial charge >= 0.3 is 0 Å². The highest BCUT2D eigenvalue weighted by Crippen LogP contribution is 2.57. The minimum atomic E-state index is -1.32. The highest BCUT2D eigenvalue weighted by molar-refractivity contribution is 5.76. The third-order valence-corrected chi connectivity index (χ3v) is 7.26. The highest BCUT2D eigenvalue weighted by Gasteiger charge is 2.61. The lowest BCUT2D eigenvalue weighted by atomic mass is 9.69. The number of nitrogens with zero attached hydrogens (tertiary/aromatic N) is 3. The Bertz CT molecular complexity index is 1340. The average molecular weight is 476 g/mol. The quantitative estimate of drug-likeness (QED) is 0.411. The molecule has 0 spiro atoms. The van der Waals surface area contributed by atoms with E-state index in [9.17, 15) is 10.5 Å². The molecule has 36 heavy (non-hydrogen) atoms. The van der Waals surface area contributed by atoms with E-state index in [0.717, 1.165) is 22.4 Å². The number of ether oxygens (including phenoxy) is 2. The fraction of sp³-hybridized carbons (Fsp3) is 0.290. The van der Waals surface area contributed by atoms with Gasteiger partial charge in [-0.3, -0.25) is 0 Å². The minimum absolute atomic E-state index is 0.154. The fourth-order valence-corrected chi connectivity index (χ4v) is 5.84. The predicted molar refractivity (Wildman–Crippen MR) is 141 cm³/mol. The molecule has 0 bridgehead atoms. The molecule has 2 heterocycles. The van der Waals surface area contributed by atoms with Crippen molar-refractivity contribution in [1.29, 1.82) is 10.5 Å². The number of rotatable bonds is 7. The predicted octanol–water partition coefficient (Wildman–Crippen LogP) is 6.13. The third-order valence-electron chi connectivity index (χ3n) is 7.26. The lowest BCUT2D eigenvalue weighted by Crippen LogP contribution is -2.42. The summed E-state index contributed by atoms with van der Waals surface area (Å²) < 4.78 is 11.9. The van der Waals surface area contributed by atoms with E-state index < -0.39 is 17.4 Å². The van der Waals surface area contributed by atoms with E-state index in [2.05, 4.69) is 41.3 Å². The molecule has 2 aliphatic heterocycles. The number of hydrogen-bond acceptors (Lipinski definition) is 5. The summed E-state index contributed by atoms with van der Waals surface area (Å²) in [6.45, 7) is 4.90. The zero-order valence-electron chi connectivity index (χ0n) is 20.6. The molecule has 0 aromatic heterocycles. The molecule has 5 nitrogen and oxygen atoms in total. The molecule has 5 heteroatoms.